The minimum absolute atomic E-state index is 0.0574. The number of hydrogen-bond donors (Lipinski definition) is 3. The average molecular weight is 422 g/mol. The first-order chi connectivity index (χ1) is 14.1. The Morgan fingerprint density at radius 3 is 2.30 bits per heavy atom. The van der Waals surface area contributed by atoms with Crippen LogP contribution in [0, 0.1) is 11.6 Å². The van der Waals surface area contributed by atoms with E-state index in [2.05, 4.69) is 10.8 Å². The Hall–Kier alpha value is -2.55. The molecule has 2 rings (SSSR count). The summed E-state index contributed by atoms with van der Waals surface area (Å²) in [5, 5.41) is 13.1. The molecule has 0 unspecified atom stereocenters. The third-order valence-electron chi connectivity index (χ3n) is 4.00. The van der Waals surface area contributed by atoms with Gasteiger partial charge in [-0.05, 0) is 44.0 Å². The highest BCUT2D eigenvalue weighted by Gasteiger charge is 2.26. The molecule has 2 aromatic rings. The Balaban J connectivity index is 1.98. The van der Waals surface area contributed by atoms with Crippen LogP contribution < -0.4 is 10.8 Å². The van der Waals surface area contributed by atoms with Gasteiger partial charge in [0.15, 0.2) is 0 Å². The molecule has 0 aliphatic rings. The van der Waals surface area contributed by atoms with Crippen LogP contribution in [-0.4, -0.2) is 35.5 Å². The Morgan fingerprint density at radius 2 is 1.70 bits per heavy atom. The quantitative estimate of drug-likeness (QED) is 0.426. The number of carbonyl (C=O) groups is 1. The van der Waals surface area contributed by atoms with E-state index < -0.39 is 35.5 Å². The number of carbonyl (C=O) groups excluding carboxylic acids is 1. The van der Waals surface area contributed by atoms with Crippen LogP contribution in [-0.2, 0) is 22.6 Å². The molecule has 3 N–H and O–H groups in total. The monoisotopic (exact) mass is 422 g/mol. The summed E-state index contributed by atoms with van der Waals surface area (Å²) in [6.45, 7) is 5.55. The maximum Gasteiger partial charge on any atom is 0.407 e. The number of benzene rings is 2. The maximum atomic E-state index is 13.5. The van der Waals surface area contributed by atoms with Gasteiger partial charge < -0.3 is 15.2 Å². The van der Waals surface area contributed by atoms with Crippen molar-refractivity contribution in [3.05, 3.63) is 71.3 Å². The fraction of sp³-hybridized carbons (Fsp3) is 0.409. The van der Waals surface area contributed by atoms with Crippen LogP contribution in [0.4, 0.5) is 13.6 Å². The first kappa shape index (κ1) is 23.7. The number of alkyl carbamates (subject to hydrolysis) is 1. The molecule has 2 atom stereocenters. The predicted octanol–water partition coefficient (Wildman–Crippen LogP) is 3.48. The zero-order chi connectivity index (χ0) is 22.1. The molecule has 0 heterocycles. The van der Waals surface area contributed by atoms with Crippen molar-refractivity contribution < 1.29 is 28.3 Å². The summed E-state index contributed by atoms with van der Waals surface area (Å²) in [6.07, 6.45) is -3.05. The van der Waals surface area contributed by atoms with Crippen molar-refractivity contribution >= 4 is 6.09 Å². The lowest BCUT2D eigenvalue weighted by Crippen LogP contribution is -2.46. The molecule has 0 aliphatic heterocycles. The molecule has 164 valence electrons. The smallest absolute Gasteiger partial charge is 0.407 e. The van der Waals surface area contributed by atoms with Gasteiger partial charge in [0.25, 0.3) is 0 Å². The van der Waals surface area contributed by atoms with Crippen LogP contribution in [0.3, 0.4) is 0 Å². The van der Waals surface area contributed by atoms with Gasteiger partial charge in [0.1, 0.15) is 23.8 Å². The van der Waals surface area contributed by atoms with Crippen LogP contribution in [0.15, 0.2) is 48.5 Å². The maximum absolute atomic E-state index is 13.5. The largest absolute Gasteiger partial charge is 0.443 e. The molecule has 0 aromatic heterocycles. The summed E-state index contributed by atoms with van der Waals surface area (Å²) >= 11 is 0. The highest BCUT2D eigenvalue weighted by atomic mass is 19.1. The number of halogens is 2. The van der Waals surface area contributed by atoms with Crippen LogP contribution >= 0.6 is 0 Å². The standard InChI is InChI=1S/C22H28F2N2O4/c1-22(2,3)26-21(28)30-20(11-16-9-17(23)12-18(24)10-16)19(27)13-25-29-14-15-7-5-4-6-8-15/h4-10,12,19-20,25,27H,11,13-14H2,1-3H3,(H,26,28)/t19-,20+/m1/s1. The third kappa shape index (κ3) is 8.86. The topological polar surface area (TPSA) is 79.8 Å². The minimum atomic E-state index is -1.18. The van der Waals surface area contributed by atoms with Crippen molar-refractivity contribution in [2.24, 2.45) is 0 Å². The van der Waals surface area contributed by atoms with E-state index in [-0.39, 0.29) is 25.1 Å². The second kappa shape index (κ2) is 11.0. The van der Waals surface area contributed by atoms with Gasteiger partial charge in [-0.2, -0.15) is 5.48 Å². The van der Waals surface area contributed by atoms with Gasteiger partial charge in [0, 0.05) is 18.0 Å². The molecular formula is C22H28F2N2O4. The number of aliphatic hydroxyl groups excluding tert-OH is 1. The zero-order valence-electron chi connectivity index (χ0n) is 17.3. The van der Waals surface area contributed by atoms with E-state index in [1.54, 1.807) is 20.8 Å². The normalized spacial score (nSPS) is 13.5. The summed E-state index contributed by atoms with van der Waals surface area (Å²) in [5.74, 6) is -1.50. The molecule has 6 nitrogen and oxygen atoms in total. The van der Waals surface area contributed by atoms with Gasteiger partial charge in [0.2, 0.25) is 0 Å². The van der Waals surface area contributed by atoms with Gasteiger partial charge >= 0.3 is 6.09 Å². The number of rotatable bonds is 9. The van der Waals surface area contributed by atoms with Crippen molar-refractivity contribution in [2.45, 2.75) is 51.5 Å². The van der Waals surface area contributed by atoms with Gasteiger partial charge in [-0.1, -0.05) is 30.3 Å². The van der Waals surface area contributed by atoms with E-state index >= 15 is 0 Å². The number of amides is 1. The molecular weight excluding hydrogens is 394 g/mol. The van der Waals surface area contributed by atoms with Crippen LogP contribution in [0.2, 0.25) is 0 Å². The Bertz CT molecular complexity index is 792. The van der Waals surface area contributed by atoms with Crippen LogP contribution in [0.25, 0.3) is 0 Å². The van der Waals surface area contributed by atoms with Gasteiger partial charge in [-0.3, -0.25) is 4.84 Å². The predicted molar refractivity (Wildman–Crippen MR) is 108 cm³/mol. The van der Waals surface area contributed by atoms with Gasteiger partial charge in [-0.25, -0.2) is 13.6 Å². The van der Waals surface area contributed by atoms with E-state index in [0.29, 0.717) is 0 Å². The molecule has 2 aromatic carbocycles. The summed E-state index contributed by atoms with van der Waals surface area (Å²) in [7, 11) is 0. The number of aliphatic hydroxyl groups is 1. The lowest BCUT2D eigenvalue weighted by Gasteiger charge is -2.26. The number of hydrogen-bond acceptors (Lipinski definition) is 5. The number of ether oxygens (including phenoxy) is 1. The highest BCUT2D eigenvalue weighted by molar-refractivity contribution is 5.68. The van der Waals surface area contributed by atoms with Gasteiger partial charge in [-0.15, -0.1) is 0 Å². The number of nitrogens with one attached hydrogen (secondary N) is 2. The third-order valence-corrected chi connectivity index (χ3v) is 4.00. The molecule has 30 heavy (non-hydrogen) atoms. The zero-order valence-corrected chi connectivity index (χ0v) is 17.3. The average Bonchev–Trinajstić information content (AvgIpc) is 2.63. The summed E-state index contributed by atoms with van der Waals surface area (Å²) in [4.78, 5) is 17.5. The Labute approximate surface area is 175 Å². The molecule has 0 saturated heterocycles. The van der Waals surface area contributed by atoms with E-state index in [9.17, 15) is 18.7 Å². The summed E-state index contributed by atoms with van der Waals surface area (Å²) in [6, 6.07) is 12.4. The van der Waals surface area contributed by atoms with Crippen LogP contribution in [0.5, 0.6) is 0 Å². The number of hydroxylamine groups is 1. The fourth-order valence-electron chi connectivity index (χ4n) is 2.67. The summed E-state index contributed by atoms with van der Waals surface area (Å²) < 4.78 is 32.4. The lowest BCUT2D eigenvalue weighted by molar-refractivity contribution is -0.0400. The molecule has 0 radical (unpaired) electrons. The minimum Gasteiger partial charge on any atom is -0.443 e. The van der Waals surface area contributed by atoms with E-state index in [0.717, 1.165) is 23.8 Å². The van der Waals surface area contributed by atoms with Crippen molar-refractivity contribution in [3.8, 4) is 0 Å². The molecule has 1 amide bonds. The molecule has 0 fully saturated rings. The molecule has 8 heteroatoms. The second-order valence-electron chi connectivity index (χ2n) is 7.99. The second-order valence-corrected chi connectivity index (χ2v) is 7.99. The lowest BCUT2D eigenvalue weighted by atomic mass is 10.0. The molecule has 0 bridgehead atoms. The summed E-state index contributed by atoms with van der Waals surface area (Å²) in [5.41, 5.74) is 3.28. The Morgan fingerprint density at radius 1 is 1.07 bits per heavy atom. The van der Waals surface area contributed by atoms with Crippen LogP contribution in [0.1, 0.15) is 31.9 Å². The SMILES string of the molecule is CC(C)(C)NC(=O)O[C@@H](Cc1cc(F)cc(F)c1)[C@H](O)CNOCc1ccccc1. The van der Waals surface area contributed by atoms with Crippen molar-refractivity contribution in [1.82, 2.24) is 10.8 Å². The van der Waals surface area contributed by atoms with Crippen molar-refractivity contribution in [3.63, 3.8) is 0 Å². The first-order valence-electron chi connectivity index (χ1n) is 9.63. The first-order valence-corrected chi connectivity index (χ1v) is 9.63. The van der Waals surface area contributed by atoms with Gasteiger partial charge in [0.05, 0.1) is 13.2 Å². The highest BCUT2D eigenvalue weighted by Crippen LogP contribution is 2.14. The van der Waals surface area contributed by atoms with E-state index in [1.807, 2.05) is 30.3 Å². The van der Waals surface area contributed by atoms with Crippen molar-refractivity contribution in [1.29, 1.82) is 0 Å². The molecule has 0 spiro atoms. The molecule has 0 aliphatic carbocycles. The molecule has 0 saturated carbocycles. The van der Waals surface area contributed by atoms with E-state index in [1.165, 1.54) is 0 Å². The Kier molecular flexibility index (Phi) is 8.71. The van der Waals surface area contributed by atoms with Crippen molar-refractivity contribution in [2.75, 3.05) is 6.54 Å². The fourth-order valence-corrected chi connectivity index (χ4v) is 2.67. The van der Waals surface area contributed by atoms with E-state index in [4.69, 9.17) is 9.57 Å².